The van der Waals surface area contributed by atoms with E-state index in [1.165, 1.54) is 25.1 Å². The van der Waals surface area contributed by atoms with Gasteiger partial charge in [-0.2, -0.15) is 5.01 Å². The molecule has 9 heteroatoms. The summed E-state index contributed by atoms with van der Waals surface area (Å²) >= 11 is 18.1. The Kier molecular flexibility index (Phi) is 5.95. The zero-order valence-corrected chi connectivity index (χ0v) is 20.5. The first-order valence-electron chi connectivity index (χ1n) is 11.1. The highest BCUT2D eigenvalue weighted by Crippen LogP contribution is 2.56. The largest absolute Gasteiger partial charge is 0.292 e. The highest BCUT2D eigenvalue weighted by molar-refractivity contribution is 6.42. The van der Waals surface area contributed by atoms with Crippen LogP contribution < -0.4 is 0 Å². The van der Waals surface area contributed by atoms with Gasteiger partial charge in [0.15, 0.2) is 5.78 Å². The van der Waals surface area contributed by atoms with Crippen LogP contribution in [0.15, 0.2) is 42.5 Å². The minimum atomic E-state index is -1.13. The second kappa shape index (κ2) is 8.67. The van der Waals surface area contributed by atoms with Crippen LogP contribution in [-0.4, -0.2) is 39.6 Å². The molecule has 1 saturated heterocycles. The summed E-state index contributed by atoms with van der Waals surface area (Å²) in [6.45, 7) is 1.51. The molecular formula is C25H21Cl3N2O4. The Labute approximate surface area is 211 Å². The molecule has 0 radical (unpaired) electrons. The van der Waals surface area contributed by atoms with E-state index < -0.39 is 41.4 Å². The molecule has 0 spiro atoms. The van der Waals surface area contributed by atoms with Gasteiger partial charge in [-0.25, -0.2) is 5.01 Å². The normalized spacial score (nSPS) is 26.1. The number of hydrogen-bond donors (Lipinski definition) is 0. The number of amides is 3. The third-order valence-corrected chi connectivity index (χ3v) is 8.36. The molecule has 6 nitrogen and oxygen atoms in total. The fourth-order valence-corrected chi connectivity index (χ4v) is 6.20. The van der Waals surface area contributed by atoms with Gasteiger partial charge in [-0.1, -0.05) is 34.8 Å². The number of fused-ring (bicyclic) bond motifs is 5. The Bertz CT molecular complexity index is 1190. The van der Waals surface area contributed by atoms with Crippen molar-refractivity contribution in [1.82, 2.24) is 10.0 Å². The summed E-state index contributed by atoms with van der Waals surface area (Å²) in [4.78, 5) is 54.2. The Morgan fingerprint density at radius 1 is 0.882 bits per heavy atom. The number of carbonyl (C=O) groups excluding carboxylic acids is 4. The Hall–Kier alpha value is -2.41. The van der Waals surface area contributed by atoms with E-state index in [0.29, 0.717) is 10.6 Å². The quantitative estimate of drug-likeness (QED) is 0.396. The van der Waals surface area contributed by atoms with Crippen molar-refractivity contribution in [2.24, 2.45) is 23.7 Å². The number of Topliss-reactive ketones (excluding diaryl/α,β-unsaturated/α-hetero) is 1. The summed E-state index contributed by atoms with van der Waals surface area (Å²) in [7, 11) is 0. The molecule has 0 unspecified atom stereocenters. The molecule has 5 atom stereocenters. The molecule has 176 valence electrons. The summed E-state index contributed by atoms with van der Waals surface area (Å²) in [5.41, 5.74) is 0.425. The van der Waals surface area contributed by atoms with Gasteiger partial charge in [0.1, 0.15) is 6.04 Å². The van der Waals surface area contributed by atoms with E-state index in [1.807, 2.05) is 0 Å². The third-order valence-electron chi connectivity index (χ3n) is 7.37. The molecule has 1 heterocycles. The molecule has 2 aromatic rings. The van der Waals surface area contributed by atoms with Gasteiger partial charge in [0, 0.05) is 16.1 Å². The Morgan fingerprint density at radius 3 is 2.00 bits per heavy atom. The zero-order valence-electron chi connectivity index (χ0n) is 18.2. The molecule has 0 aromatic heterocycles. The van der Waals surface area contributed by atoms with E-state index in [4.69, 9.17) is 34.8 Å². The van der Waals surface area contributed by atoms with Crippen molar-refractivity contribution in [3.8, 4) is 0 Å². The molecule has 5 rings (SSSR count). The Morgan fingerprint density at radius 2 is 1.44 bits per heavy atom. The molecule has 2 saturated carbocycles. The van der Waals surface area contributed by atoms with E-state index in [1.54, 1.807) is 24.3 Å². The average molecular weight is 520 g/mol. The number of halogens is 3. The highest BCUT2D eigenvalue weighted by atomic mass is 35.5. The predicted octanol–water partition coefficient (Wildman–Crippen LogP) is 5.31. The lowest BCUT2D eigenvalue weighted by Gasteiger charge is -2.35. The number of rotatable bonds is 5. The van der Waals surface area contributed by atoms with Gasteiger partial charge in [-0.15, -0.1) is 0 Å². The molecule has 3 fully saturated rings. The predicted molar refractivity (Wildman–Crippen MR) is 128 cm³/mol. The van der Waals surface area contributed by atoms with Crippen molar-refractivity contribution >= 4 is 58.3 Å². The second-order valence-corrected chi connectivity index (χ2v) is 10.4. The van der Waals surface area contributed by atoms with Crippen LogP contribution >= 0.6 is 34.8 Å². The molecular weight excluding hydrogens is 499 g/mol. The van der Waals surface area contributed by atoms with E-state index in [2.05, 4.69) is 0 Å². The molecule has 2 aromatic carbocycles. The third kappa shape index (κ3) is 3.63. The monoisotopic (exact) mass is 518 g/mol. The van der Waals surface area contributed by atoms with E-state index in [9.17, 15) is 19.2 Å². The molecule has 0 N–H and O–H groups in total. The van der Waals surface area contributed by atoms with Crippen molar-refractivity contribution in [3.05, 3.63) is 68.7 Å². The lowest BCUT2D eigenvalue weighted by molar-refractivity contribution is -0.157. The fourth-order valence-electron chi connectivity index (χ4n) is 5.77. The maximum absolute atomic E-state index is 13.7. The number of hydrogen-bond acceptors (Lipinski definition) is 4. The van der Waals surface area contributed by atoms with Crippen molar-refractivity contribution < 1.29 is 19.2 Å². The van der Waals surface area contributed by atoms with Crippen LogP contribution in [0.1, 0.15) is 46.9 Å². The lowest BCUT2D eigenvalue weighted by Crippen LogP contribution is -2.56. The number of benzene rings is 2. The van der Waals surface area contributed by atoms with Crippen molar-refractivity contribution in [2.45, 2.75) is 32.2 Å². The van der Waals surface area contributed by atoms with Crippen LogP contribution in [0.5, 0.6) is 0 Å². The molecule has 34 heavy (non-hydrogen) atoms. The maximum atomic E-state index is 13.7. The van der Waals surface area contributed by atoms with Gasteiger partial charge < -0.3 is 0 Å². The standard InChI is InChI=1S/C25H21Cl3N2O4/c1-12(22(31)13-4-7-17(26)8-5-13)29(23(32)16-6-9-18(27)19(28)11-16)30-24(33)20-14-2-3-15(10-14)21(20)25(30)34/h4-9,11-12,14-15,20-21H,2-3,10H2,1H3/t12-,14+,15+,20-,21+/m1/s1. The number of imide groups is 1. The van der Waals surface area contributed by atoms with Crippen LogP contribution in [0.4, 0.5) is 0 Å². The zero-order chi connectivity index (χ0) is 24.3. The molecule has 2 bridgehead atoms. The number of nitrogens with zero attached hydrogens (tertiary/aromatic N) is 2. The van der Waals surface area contributed by atoms with Gasteiger partial charge in [0.2, 0.25) is 0 Å². The van der Waals surface area contributed by atoms with Gasteiger partial charge in [-0.3, -0.25) is 19.2 Å². The minimum absolute atomic E-state index is 0.116. The second-order valence-electron chi connectivity index (χ2n) is 9.20. The topological polar surface area (TPSA) is 74.8 Å². The summed E-state index contributed by atoms with van der Waals surface area (Å²) in [6, 6.07) is 9.39. The molecule has 3 aliphatic rings. The Balaban J connectivity index is 1.55. The van der Waals surface area contributed by atoms with Crippen LogP contribution in [0.3, 0.4) is 0 Å². The van der Waals surface area contributed by atoms with Crippen molar-refractivity contribution in [1.29, 1.82) is 0 Å². The van der Waals surface area contributed by atoms with Crippen LogP contribution in [0.25, 0.3) is 0 Å². The molecule has 1 aliphatic heterocycles. The number of hydrazine groups is 1. The number of carbonyl (C=O) groups is 4. The molecule has 3 amide bonds. The van der Waals surface area contributed by atoms with Gasteiger partial charge in [0.05, 0.1) is 21.9 Å². The lowest BCUT2D eigenvalue weighted by atomic mass is 9.81. The summed E-state index contributed by atoms with van der Waals surface area (Å²) < 4.78 is 0. The SMILES string of the molecule is C[C@H](C(=O)c1ccc(Cl)cc1)N(C(=O)c1ccc(Cl)c(Cl)c1)N1C(=O)[C@@H]2[C@H]3CC[C@@H](C3)[C@@H]2C1=O. The van der Waals surface area contributed by atoms with Crippen molar-refractivity contribution in [2.75, 3.05) is 0 Å². The summed E-state index contributed by atoms with van der Waals surface area (Å²) in [5.74, 6) is -2.52. The van der Waals surface area contributed by atoms with E-state index in [-0.39, 0.29) is 27.4 Å². The summed E-state index contributed by atoms with van der Waals surface area (Å²) in [6.07, 6.45) is 2.66. The first-order valence-corrected chi connectivity index (χ1v) is 12.3. The van der Waals surface area contributed by atoms with Crippen molar-refractivity contribution in [3.63, 3.8) is 0 Å². The minimum Gasteiger partial charge on any atom is -0.292 e. The maximum Gasteiger partial charge on any atom is 0.273 e. The van der Waals surface area contributed by atoms with E-state index >= 15 is 0 Å². The van der Waals surface area contributed by atoms with E-state index in [0.717, 1.165) is 29.3 Å². The van der Waals surface area contributed by atoms with Crippen LogP contribution in [-0.2, 0) is 9.59 Å². The first-order chi connectivity index (χ1) is 16.2. The smallest absolute Gasteiger partial charge is 0.273 e. The van der Waals surface area contributed by atoms with Gasteiger partial charge in [-0.05, 0) is 80.5 Å². The average Bonchev–Trinajstić information content (AvgIpc) is 3.51. The van der Waals surface area contributed by atoms with Gasteiger partial charge in [0.25, 0.3) is 17.7 Å². The molecule has 2 aliphatic carbocycles. The fraction of sp³-hybridized carbons (Fsp3) is 0.360. The highest BCUT2D eigenvalue weighted by Gasteiger charge is 2.63. The first kappa shape index (κ1) is 23.3. The van der Waals surface area contributed by atoms with Crippen LogP contribution in [0.2, 0.25) is 15.1 Å². The number of ketones is 1. The summed E-state index contributed by atoms with van der Waals surface area (Å²) in [5, 5.41) is 2.79. The van der Waals surface area contributed by atoms with Crippen LogP contribution in [0, 0.1) is 23.7 Å². The van der Waals surface area contributed by atoms with Gasteiger partial charge >= 0.3 is 0 Å².